The molecule has 1 aliphatic heterocycles. The van der Waals surface area contributed by atoms with Crippen molar-refractivity contribution in [3.63, 3.8) is 0 Å². The lowest BCUT2D eigenvalue weighted by atomic mass is 9.99. The molecule has 1 aliphatic rings. The van der Waals surface area contributed by atoms with E-state index in [-0.39, 0.29) is 11.8 Å². The number of rotatable bonds is 3. The van der Waals surface area contributed by atoms with Gasteiger partial charge in [-0.25, -0.2) is 4.98 Å². The summed E-state index contributed by atoms with van der Waals surface area (Å²) >= 11 is 0. The third-order valence-electron chi connectivity index (χ3n) is 4.77. The number of carbonyl (C=O) groups excluding carboxylic acids is 2. The summed E-state index contributed by atoms with van der Waals surface area (Å²) in [4.78, 5) is 35.8. The van der Waals surface area contributed by atoms with Crippen LogP contribution in [0, 0.1) is 13.8 Å². The zero-order valence-electron chi connectivity index (χ0n) is 15.5. The quantitative estimate of drug-likeness (QED) is 0.921. The summed E-state index contributed by atoms with van der Waals surface area (Å²) in [6, 6.07) is 7.02. The Kier molecular flexibility index (Phi) is 5.30. The van der Waals surface area contributed by atoms with E-state index in [0.717, 1.165) is 35.5 Å². The maximum absolute atomic E-state index is 13.1. The highest BCUT2D eigenvalue weighted by molar-refractivity contribution is 5.98. The van der Waals surface area contributed by atoms with Gasteiger partial charge in [-0.2, -0.15) is 0 Å². The van der Waals surface area contributed by atoms with Gasteiger partial charge in [0.25, 0.3) is 5.91 Å². The Morgan fingerprint density at radius 1 is 1.23 bits per heavy atom. The molecule has 0 aliphatic carbocycles. The molecule has 0 radical (unpaired) electrons. The van der Waals surface area contributed by atoms with Gasteiger partial charge >= 0.3 is 0 Å². The molecule has 0 bridgehead atoms. The van der Waals surface area contributed by atoms with Crippen molar-refractivity contribution in [2.45, 2.75) is 39.2 Å². The van der Waals surface area contributed by atoms with Crippen LogP contribution in [0.2, 0.25) is 0 Å². The third-order valence-corrected chi connectivity index (χ3v) is 4.77. The van der Waals surface area contributed by atoms with Gasteiger partial charge in [0.15, 0.2) is 0 Å². The monoisotopic (exact) mass is 352 g/mol. The van der Waals surface area contributed by atoms with Crippen LogP contribution in [0.5, 0.6) is 0 Å². The van der Waals surface area contributed by atoms with Crippen molar-refractivity contribution in [3.05, 3.63) is 47.4 Å². The topological polar surface area (TPSA) is 75.2 Å². The molecule has 6 nitrogen and oxygen atoms in total. The van der Waals surface area contributed by atoms with Crippen LogP contribution in [0.25, 0.3) is 11.3 Å². The summed E-state index contributed by atoms with van der Waals surface area (Å²) in [7, 11) is 1.61. The van der Waals surface area contributed by atoms with Crippen molar-refractivity contribution in [2.24, 2.45) is 0 Å². The second-order valence-electron chi connectivity index (χ2n) is 6.65. The van der Waals surface area contributed by atoms with Gasteiger partial charge in [0.1, 0.15) is 6.04 Å². The molecule has 0 spiro atoms. The average molecular weight is 352 g/mol. The molecule has 6 heteroatoms. The van der Waals surface area contributed by atoms with E-state index in [1.165, 1.54) is 0 Å². The molecule has 2 amide bonds. The fourth-order valence-electron chi connectivity index (χ4n) is 3.39. The molecule has 2 heterocycles. The molecular weight excluding hydrogens is 328 g/mol. The van der Waals surface area contributed by atoms with Crippen molar-refractivity contribution in [1.82, 2.24) is 20.2 Å². The molecule has 2 aromatic rings. The zero-order valence-corrected chi connectivity index (χ0v) is 15.5. The third kappa shape index (κ3) is 3.59. The fraction of sp³-hybridized carbons (Fsp3) is 0.400. The molecule has 1 N–H and O–H groups in total. The van der Waals surface area contributed by atoms with Crippen LogP contribution >= 0.6 is 0 Å². The van der Waals surface area contributed by atoms with Gasteiger partial charge in [0.05, 0.1) is 17.1 Å². The predicted octanol–water partition coefficient (Wildman–Crippen LogP) is 2.50. The Hall–Kier alpha value is -2.76. The summed E-state index contributed by atoms with van der Waals surface area (Å²) in [6.07, 6.45) is 4.31. The lowest BCUT2D eigenvalue weighted by molar-refractivity contribution is -0.126. The molecule has 1 atom stereocenters. The first-order valence-electron chi connectivity index (χ1n) is 8.94. The number of benzene rings is 1. The fourth-order valence-corrected chi connectivity index (χ4v) is 3.39. The van der Waals surface area contributed by atoms with Crippen LogP contribution in [0.3, 0.4) is 0 Å². The Balaban J connectivity index is 1.93. The van der Waals surface area contributed by atoms with Crippen molar-refractivity contribution in [1.29, 1.82) is 0 Å². The SMILES string of the molecule is CNC(=O)[C@@H]1CCCCN1C(=O)c1cccc(-c2nc(C)cnc2C)c1. The molecule has 1 aromatic carbocycles. The second-order valence-corrected chi connectivity index (χ2v) is 6.65. The summed E-state index contributed by atoms with van der Waals surface area (Å²) in [5.41, 5.74) is 3.86. The number of nitrogens with zero attached hydrogens (tertiary/aromatic N) is 3. The van der Waals surface area contributed by atoms with E-state index in [2.05, 4.69) is 15.3 Å². The summed E-state index contributed by atoms with van der Waals surface area (Å²) in [6.45, 7) is 4.40. The van der Waals surface area contributed by atoms with Gasteiger partial charge in [0.2, 0.25) is 5.91 Å². The van der Waals surface area contributed by atoms with E-state index in [4.69, 9.17) is 0 Å². The molecule has 136 valence electrons. The minimum absolute atomic E-state index is 0.102. The molecule has 3 rings (SSSR count). The van der Waals surface area contributed by atoms with Crippen LogP contribution in [-0.4, -0.2) is 46.3 Å². The van der Waals surface area contributed by atoms with Crippen molar-refractivity contribution >= 4 is 11.8 Å². The predicted molar refractivity (Wildman–Crippen MR) is 99.7 cm³/mol. The van der Waals surface area contributed by atoms with Crippen molar-refractivity contribution in [3.8, 4) is 11.3 Å². The Morgan fingerprint density at radius 3 is 2.81 bits per heavy atom. The maximum atomic E-state index is 13.1. The molecule has 0 saturated carbocycles. The van der Waals surface area contributed by atoms with Gasteiger partial charge in [-0.05, 0) is 45.2 Å². The zero-order chi connectivity index (χ0) is 18.7. The van der Waals surface area contributed by atoms with E-state index in [1.807, 2.05) is 32.0 Å². The Bertz CT molecular complexity index is 834. The normalized spacial score (nSPS) is 17.0. The number of aryl methyl sites for hydroxylation is 2. The van der Waals surface area contributed by atoms with E-state index in [0.29, 0.717) is 18.5 Å². The van der Waals surface area contributed by atoms with Crippen LogP contribution in [-0.2, 0) is 4.79 Å². The first-order chi connectivity index (χ1) is 12.5. The van der Waals surface area contributed by atoms with Crippen LogP contribution in [0.1, 0.15) is 41.0 Å². The molecule has 1 fully saturated rings. The molecular formula is C20H24N4O2. The number of hydrogen-bond donors (Lipinski definition) is 1. The highest BCUT2D eigenvalue weighted by Gasteiger charge is 2.32. The lowest BCUT2D eigenvalue weighted by Crippen LogP contribution is -2.51. The summed E-state index contributed by atoms with van der Waals surface area (Å²) in [5, 5.41) is 2.67. The van der Waals surface area contributed by atoms with Gasteiger partial charge in [-0.3, -0.25) is 14.6 Å². The van der Waals surface area contributed by atoms with Crippen LogP contribution < -0.4 is 5.32 Å². The number of hydrogen-bond acceptors (Lipinski definition) is 4. The Labute approximate surface area is 153 Å². The van der Waals surface area contributed by atoms with E-state index in [1.54, 1.807) is 24.2 Å². The average Bonchev–Trinajstić information content (AvgIpc) is 2.68. The second kappa shape index (κ2) is 7.64. The number of nitrogens with one attached hydrogen (secondary N) is 1. The first-order valence-corrected chi connectivity index (χ1v) is 8.94. The Morgan fingerprint density at radius 2 is 2.04 bits per heavy atom. The minimum atomic E-state index is -0.398. The standard InChI is InChI=1S/C20H24N4O2/c1-13-12-22-14(2)18(23-13)15-7-6-8-16(11-15)20(26)24-10-5-4-9-17(24)19(25)21-3/h6-8,11-12,17H,4-5,9-10H2,1-3H3,(H,21,25)/t17-/m0/s1. The van der Waals surface area contributed by atoms with E-state index >= 15 is 0 Å². The number of likely N-dealkylation sites (tertiary alicyclic amines) is 1. The number of piperidine rings is 1. The van der Waals surface area contributed by atoms with Crippen LogP contribution in [0.15, 0.2) is 30.5 Å². The molecule has 26 heavy (non-hydrogen) atoms. The van der Waals surface area contributed by atoms with E-state index in [9.17, 15) is 9.59 Å². The smallest absolute Gasteiger partial charge is 0.254 e. The number of amides is 2. The first kappa shape index (κ1) is 18.0. The van der Waals surface area contributed by atoms with Gasteiger partial charge in [-0.15, -0.1) is 0 Å². The van der Waals surface area contributed by atoms with Crippen LogP contribution in [0.4, 0.5) is 0 Å². The maximum Gasteiger partial charge on any atom is 0.254 e. The molecule has 0 unspecified atom stereocenters. The van der Waals surface area contributed by atoms with Gasteiger partial charge in [-0.1, -0.05) is 12.1 Å². The number of likely N-dealkylation sites (N-methyl/N-ethyl adjacent to an activating group) is 1. The van der Waals surface area contributed by atoms with Gasteiger partial charge < -0.3 is 10.2 Å². The number of aromatic nitrogens is 2. The lowest BCUT2D eigenvalue weighted by Gasteiger charge is -2.34. The summed E-state index contributed by atoms with van der Waals surface area (Å²) in [5.74, 6) is -0.215. The van der Waals surface area contributed by atoms with E-state index < -0.39 is 6.04 Å². The largest absolute Gasteiger partial charge is 0.357 e. The van der Waals surface area contributed by atoms with Crippen molar-refractivity contribution in [2.75, 3.05) is 13.6 Å². The summed E-state index contributed by atoms with van der Waals surface area (Å²) < 4.78 is 0. The van der Waals surface area contributed by atoms with Crippen molar-refractivity contribution < 1.29 is 9.59 Å². The highest BCUT2D eigenvalue weighted by Crippen LogP contribution is 2.24. The van der Waals surface area contributed by atoms with Gasteiger partial charge in [0, 0.05) is 30.9 Å². The molecule has 1 saturated heterocycles. The number of carbonyl (C=O) groups is 2. The molecule has 1 aromatic heterocycles. The highest BCUT2D eigenvalue weighted by atomic mass is 16.2. The minimum Gasteiger partial charge on any atom is -0.357 e.